The normalized spacial score (nSPS) is 12.2. The summed E-state index contributed by atoms with van der Waals surface area (Å²) in [4.78, 5) is 4.30. The molecule has 2 rings (SSSR count). The number of nitrogens with one attached hydrogen (secondary N) is 1. The van der Waals surface area contributed by atoms with Gasteiger partial charge in [0.1, 0.15) is 11.8 Å². The number of rotatable bonds is 7. The molecule has 0 radical (unpaired) electrons. The zero-order valence-corrected chi connectivity index (χ0v) is 12.6. The van der Waals surface area contributed by atoms with Gasteiger partial charge in [-0.25, -0.2) is 0 Å². The highest BCUT2D eigenvalue weighted by molar-refractivity contribution is 5.51. The Hall–Kier alpha value is -2.08. The van der Waals surface area contributed by atoms with E-state index in [-0.39, 0.29) is 12.6 Å². The number of ether oxygens (including phenoxy) is 1. The average molecular weight is 291 g/mol. The van der Waals surface area contributed by atoms with Gasteiger partial charge in [0.25, 0.3) is 0 Å². The number of hydrogen-bond acceptors (Lipinski definition) is 6. The molecule has 6 heteroatoms. The molecule has 0 saturated carbocycles. The van der Waals surface area contributed by atoms with Crippen molar-refractivity contribution in [3.05, 3.63) is 35.5 Å². The first-order valence-corrected chi connectivity index (χ1v) is 7.13. The monoisotopic (exact) mass is 291 g/mol. The quantitative estimate of drug-likeness (QED) is 0.816. The molecule has 0 fully saturated rings. The number of anilines is 1. The minimum atomic E-state index is -0.109. The maximum Gasteiger partial charge on any atom is 0.248 e. The summed E-state index contributed by atoms with van der Waals surface area (Å²) in [6.07, 6.45) is 0.744. The zero-order valence-electron chi connectivity index (χ0n) is 12.6. The van der Waals surface area contributed by atoms with Gasteiger partial charge in [0.2, 0.25) is 5.89 Å². The van der Waals surface area contributed by atoms with Crippen LogP contribution >= 0.6 is 0 Å². The van der Waals surface area contributed by atoms with E-state index in [0.717, 1.165) is 17.7 Å². The molecule has 1 aromatic carbocycles. The van der Waals surface area contributed by atoms with Crippen molar-refractivity contribution in [3.63, 3.8) is 0 Å². The van der Waals surface area contributed by atoms with Gasteiger partial charge < -0.3 is 19.7 Å². The molecule has 0 amide bonds. The maximum atomic E-state index is 9.41. The largest absolute Gasteiger partial charge is 0.494 e. The van der Waals surface area contributed by atoms with Crippen LogP contribution in [0.25, 0.3) is 0 Å². The fourth-order valence-electron chi connectivity index (χ4n) is 1.99. The highest BCUT2D eigenvalue weighted by atomic mass is 16.5. The second-order valence-electron chi connectivity index (χ2n) is 4.68. The fourth-order valence-corrected chi connectivity index (χ4v) is 1.99. The predicted octanol–water partition coefficient (Wildman–Crippen LogP) is 2.70. The first-order valence-electron chi connectivity index (χ1n) is 7.13. The lowest BCUT2D eigenvalue weighted by molar-refractivity contribution is 0.267. The van der Waals surface area contributed by atoms with E-state index < -0.39 is 0 Å². The van der Waals surface area contributed by atoms with Gasteiger partial charge in [0, 0.05) is 17.7 Å². The molecule has 1 heterocycles. The Labute approximate surface area is 124 Å². The van der Waals surface area contributed by atoms with Crippen molar-refractivity contribution in [2.24, 2.45) is 0 Å². The molecule has 0 aliphatic carbocycles. The Balaban J connectivity index is 2.11. The summed E-state index contributed by atoms with van der Waals surface area (Å²) in [5, 5.41) is 16.6. The number of hydrogen-bond donors (Lipinski definition) is 2. The van der Waals surface area contributed by atoms with Crippen LogP contribution in [-0.4, -0.2) is 21.9 Å². The molecule has 1 aromatic heterocycles. The van der Waals surface area contributed by atoms with E-state index in [1.165, 1.54) is 0 Å². The lowest BCUT2D eigenvalue weighted by atomic mass is 10.1. The van der Waals surface area contributed by atoms with E-state index in [4.69, 9.17) is 9.26 Å². The first kappa shape index (κ1) is 15.3. The standard InChI is InChI=1S/C15H21N3O3/c1-4-14-17-15(21-18-14)10(3)16-12-6-7-13(20-5-2)11(8-12)9-19/h6-8,10,16,19H,4-5,9H2,1-3H3. The Morgan fingerprint density at radius 1 is 1.38 bits per heavy atom. The minimum Gasteiger partial charge on any atom is -0.494 e. The summed E-state index contributed by atoms with van der Waals surface area (Å²) < 4.78 is 10.7. The van der Waals surface area contributed by atoms with E-state index in [2.05, 4.69) is 15.5 Å². The molecule has 0 saturated heterocycles. The van der Waals surface area contributed by atoms with Gasteiger partial charge in [-0.15, -0.1) is 0 Å². The third-order valence-corrected chi connectivity index (χ3v) is 3.08. The first-order chi connectivity index (χ1) is 10.2. The van der Waals surface area contributed by atoms with Crippen LogP contribution in [0.1, 0.15) is 44.1 Å². The SMILES string of the molecule is CCOc1ccc(NC(C)c2nc(CC)no2)cc1CO. The summed E-state index contributed by atoms with van der Waals surface area (Å²) in [6.45, 7) is 6.34. The summed E-state index contributed by atoms with van der Waals surface area (Å²) in [5.41, 5.74) is 1.61. The van der Waals surface area contributed by atoms with Crippen LogP contribution in [0.5, 0.6) is 5.75 Å². The van der Waals surface area contributed by atoms with Crippen molar-refractivity contribution in [2.45, 2.75) is 39.8 Å². The molecule has 6 nitrogen and oxygen atoms in total. The molecule has 1 atom stereocenters. The van der Waals surface area contributed by atoms with Gasteiger partial charge in [0.15, 0.2) is 5.82 Å². The number of aryl methyl sites for hydroxylation is 1. The van der Waals surface area contributed by atoms with Crippen LogP contribution in [0.2, 0.25) is 0 Å². The molecule has 114 valence electrons. The van der Waals surface area contributed by atoms with Gasteiger partial charge in [-0.05, 0) is 32.0 Å². The smallest absolute Gasteiger partial charge is 0.248 e. The van der Waals surface area contributed by atoms with Crippen molar-refractivity contribution in [1.29, 1.82) is 0 Å². The number of nitrogens with zero attached hydrogens (tertiary/aromatic N) is 2. The van der Waals surface area contributed by atoms with Crippen molar-refractivity contribution in [1.82, 2.24) is 10.1 Å². The lowest BCUT2D eigenvalue weighted by Crippen LogP contribution is -2.08. The van der Waals surface area contributed by atoms with E-state index in [9.17, 15) is 5.11 Å². The van der Waals surface area contributed by atoms with E-state index in [1.54, 1.807) is 0 Å². The molecule has 0 bridgehead atoms. The molecule has 0 spiro atoms. The van der Waals surface area contributed by atoms with Gasteiger partial charge >= 0.3 is 0 Å². The molecule has 2 N–H and O–H groups in total. The summed E-state index contributed by atoms with van der Waals surface area (Å²) in [5.74, 6) is 1.94. The van der Waals surface area contributed by atoms with Gasteiger partial charge in [-0.1, -0.05) is 12.1 Å². The summed E-state index contributed by atoms with van der Waals surface area (Å²) >= 11 is 0. The predicted molar refractivity (Wildman–Crippen MR) is 79.2 cm³/mol. The third kappa shape index (κ3) is 3.72. The maximum absolute atomic E-state index is 9.41. The second kappa shape index (κ2) is 7.08. The number of aliphatic hydroxyl groups is 1. The Bertz CT molecular complexity index is 583. The van der Waals surface area contributed by atoms with E-state index >= 15 is 0 Å². The fraction of sp³-hybridized carbons (Fsp3) is 0.467. The lowest BCUT2D eigenvalue weighted by Gasteiger charge is -2.14. The number of aliphatic hydroxyl groups excluding tert-OH is 1. The van der Waals surface area contributed by atoms with Crippen LogP contribution in [0, 0.1) is 0 Å². The van der Waals surface area contributed by atoms with Gasteiger partial charge in [-0.2, -0.15) is 4.98 Å². The van der Waals surface area contributed by atoms with Gasteiger partial charge in [0.05, 0.1) is 13.2 Å². The van der Waals surface area contributed by atoms with Crippen molar-refractivity contribution in [3.8, 4) is 5.75 Å². The Morgan fingerprint density at radius 2 is 2.19 bits per heavy atom. The van der Waals surface area contributed by atoms with Crippen LogP contribution in [0.15, 0.2) is 22.7 Å². The van der Waals surface area contributed by atoms with Crippen molar-refractivity contribution < 1.29 is 14.4 Å². The highest BCUT2D eigenvalue weighted by Crippen LogP contribution is 2.25. The molecular formula is C15H21N3O3. The van der Waals surface area contributed by atoms with Crippen LogP contribution in [0.4, 0.5) is 5.69 Å². The average Bonchev–Trinajstić information content (AvgIpc) is 2.98. The van der Waals surface area contributed by atoms with Crippen molar-refractivity contribution >= 4 is 5.69 Å². The van der Waals surface area contributed by atoms with Crippen LogP contribution < -0.4 is 10.1 Å². The molecule has 0 aliphatic rings. The number of aromatic nitrogens is 2. The van der Waals surface area contributed by atoms with E-state index in [0.29, 0.717) is 24.1 Å². The molecular weight excluding hydrogens is 270 g/mol. The Kier molecular flexibility index (Phi) is 5.16. The summed E-state index contributed by atoms with van der Waals surface area (Å²) in [7, 11) is 0. The molecule has 21 heavy (non-hydrogen) atoms. The topological polar surface area (TPSA) is 80.4 Å². The van der Waals surface area contributed by atoms with E-state index in [1.807, 2.05) is 39.0 Å². The molecule has 1 unspecified atom stereocenters. The second-order valence-corrected chi connectivity index (χ2v) is 4.68. The minimum absolute atomic E-state index is 0.0697. The van der Waals surface area contributed by atoms with Gasteiger partial charge in [-0.3, -0.25) is 0 Å². The molecule has 0 aliphatic heterocycles. The number of benzene rings is 1. The molecule has 2 aromatic rings. The Morgan fingerprint density at radius 3 is 2.81 bits per heavy atom. The van der Waals surface area contributed by atoms with Crippen molar-refractivity contribution in [2.75, 3.05) is 11.9 Å². The zero-order chi connectivity index (χ0) is 15.2. The van der Waals surface area contributed by atoms with Crippen LogP contribution in [0.3, 0.4) is 0 Å². The van der Waals surface area contributed by atoms with Crippen LogP contribution in [-0.2, 0) is 13.0 Å². The summed E-state index contributed by atoms with van der Waals surface area (Å²) in [6, 6.07) is 5.49. The third-order valence-electron chi connectivity index (χ3n) is 3.08. The highest BCUT2D eigenvalue weighted by Gasteiger charge is 2.14.